The van der Waals surface area contributed by atoms with E-state index in [4.69, 9.17) is 5.73 Å². The van der Waals surface area contributed by atoms with Gasteiger partial charge in [0, 0.05) is 13.6 Å². The van der Waals surface area contributed by atoms with E-state index in [2.05, 4.69) is 5.10 Å². The van der Waals surface area contributed by atoms with Gasteiger partial charge in [0.25, 0.3) is 10.0 Å². The van der Waals surface area contributed by atoms with Crippen molar-refractivity contribution in [3.8, 4) is 0 Å². The molecule has 0 radical (unpaired) electrons. The zero-order valence-electron chi connectivity index (χ0n) is 9.20. The van der Waals surface area contributed by atoms with Gasteiger partial charge in [-0.05, 0) is 25.3 Å². The van der Waals surface area contributed by atoms with Gasteiger partial charge in [-0.3, -0.25) is 4.68 Å². The van der Waals surface area contributed by atoms with Crippen LogP contribution < -0.4 is 5.73 Å². The van der Waals surface area contributed by atoms with E-state index in [9.17, 15) is 8.42 Å². The van der Waals surface area contributed by atoms with Crippen LogP contribution in [-0.4, -0.2) is 35.2 Å². The highest BCUT2D eigenvalue weighted by Gasteiger charge is 2.33. The molecule has 1 aromatic rings. The molecule has 90 valence electrons. The molecule has 0 aliphatic carbocycles. The first-order valence-corrected chi connectivity index (χ1v) is 6.73. The van der Waals surface area contributed by atoms with Crippen LogP contribution in [0, 0.1) is 0 Å². The Labute approximate surface area is 95.1 Å². The van der Waals surface area contributed by atoms with Gasteiger partial charge < -0.3 is 5.73 Å². The normalized spacial score (nSPS) is 23.5. The Kier molecular flexibility index (Phi) is 3.00. The highest BCUT2D eigenvalue weighted by atomic mass is 32.2. The maximum Gasteiger partial charge on any atom is 0.261 e. The van der Waals surface area contributed by atoms with Crippen molar-refractivity contribution in [2.24, 2.45) is 12.8 Å². The molecule has 0 saturated carbocycles. The lowest BCUT2D eigenvalue weighted by atomic mass is 10.1. The van der Waals surface area contributed by atoms with E-state index in [1.807, 2.05) is 0 Å². The fourth-order valence-electron chi connectivity index (χ4n) is 1.96. The maximum absolute atomic E-state index is 12.3. The first-order valence-electron chi connectivity index (χ1n) is 5.29. The molecule has 2 heterocycles. The monoisotopic (exact) mass is 244 g/mol. The maximum atomic E-state index is 12.3. The zero-order valence-corrected chi connectivity index (χ0v) is 10.0. The average Bonchev–Trinajstić information content (AvgIpc) is 2.65. The molecule has 2 rings (SSSR count). The minimum Gasteiger partial charge on any atom is -0.315 e. The molecule has 1 unspecified atom stereocenters. The molecular formula is C9H16N4O2S. The zero-order chi connectivity index (χ0) is 11.8. The topological polar surface area (TPSA) is 81.2 Å². The second-order valence-corrected chi connectivity index (χ2v) is 5.81. The number of rotatable bonds is 2. The van der Waals surface area contributed by atoms with Crippen LogP contribution in [0.4, 0.5) is 0 Å². The number of sulfonamides is 1. The van der Waals surface area contributed by atoms with Gasteiger partial charge in [-0.15, -0.1) is 0 Å². The standard InChI is InChI=1S/C9H16N4O2S/c1-12-9(5-6-11-12)16(14,15)13-7-3-2-4-8(13)10/h5-6,8H,2-4,7,10H2,1H3. The van der Waals surface area contributed by atoms with Crippen LogP contribution >= 0.6 is 0 Å². The van der Waals surface area contributed by atoms with E-state index >= 15 is 0 Å². The Bertz CT molecular complexity index is 468. The molecule has 0 aromatic carbocycles. The minimum atomic E-state index is -3.49. The molecule has 1 fully saturated rings. The first kappa shape index (κ1) is 11.6. The molecular weight excluding hydrogens is 228 g/mol. The number of hydrogen-bond acceptors (Lipinski definition) is 4. The van der Waals surface area contributed by atoms with Gasteiger partial charge in [0.2, 0.25) is 0 Å². The molecule has 7 heteroatoms. The summed E-state index contributed by atoms with van der Waals surface area (Å²) in [5, 5.41) is 4.07. The average molecular weight is 244 g/mol. The highest BCUT2D eigenvalue weighted by Crippen LogP contribution is 2.22. The molecule has 0 amide bonds. The van der Waals surface area contributed by atoms with Crippen LogP contribution in [0.5, 0.6) is 0 Å². The van der Waals surface area contributed by atoms with E-state index in [1.165, 1.54) is 21.3 Å². The van der Waals surface area contributed by atoms with Crippen molar-refractivity contribution in [3.05, 3.63) is 12.3 Å². The van der Waals surface area contributed by atoms with Crippen LogP contribution in [0.3, 0.4) is 0 Å². The summed E-state index contributed by atoms with van der Waals surface area (Å²) in [5.74, 6) is 0. The third-order valence-electron chi connectivity index (χ3n) is 2.85. The molecule has 1 aliphatic heterocycles. The SMILES string of the molecule is Cn1nccc1S(=O)(=O)N1CCCCC1N. The van der Waals surface area contributed by atoms with Crippen molar-refractivity contribution in [1.82, 2.24) is 14.1 Å². The van der Waals surface area contributed by atoms with Crippen LogP contribution in [0.15, 0.2) is 17.3 Å². The largest absolute Gasteiger partial charge is 0.315 e. The number of piperidine rings is 1. The molecule has 6 nitrogen and oxygen atoms in total. The molecule has 1 aromatic heterocycles. The van der Waals surface area contributed by atoms with Gasteiger partial charge in [0.05, 0.1) is 12.4 Å². The third-order valence-corrected chi connectivity index (χ3v) is 4.85. The Balaban J connectivity index is 2.35. The molecule has 1 saturated heterocycles. The van der Waals surface area contributed by atoms with Crippen molar-refractivity contribution in [3.63, 3.8) is 0 Å². The number of nitrogens with zero attached hydrogens (tertiary/aromatic N) is 3. The fourth-order valence-corrected chi connectivity index (χ4v) is 3.65. The van der Waals surface area contributed by atoms with Crippen LogP contribution in [0.25, 0.3) is 0 Å². The van der Waals surface area contributed by atoms with E-state index in [1.54, 1.807) is 7.05 Å². The summed E-state index contributed by atoms with van der Waals surface area (Å²) in [6.07, 6.45) is 3.64. The number of hydrogen-bond donors (Lipinski definition) is 1. The molecule has 1 aliphatic rings. The van der Waals surface area contributed by atoms with Gasteiger partial charge in [0.15, 0.2) is 5.03 Å². The summed E-state index contributed by atoms with van der Waals surface area (Å²) in [6, 6.07) is 1.50. The van der Waals surface area contributed by atoms with E-state index in [-0.39, 0.29) is 5.03 Å². The predicted octanol–water partition coefficient (Wildman–Crippen LogP) is -0.120. The van der Waals surface area contributed by atoms with Gasteiger partial charge in [-0.25, -0.2) is 8.42 Å². The lowest BCUT2D eigenvalue weighted by Gasteiger charge is -2.31. The van der Waals surface area contributed by atoms with Gasteiger partial charge in [-0.1, -0.05) is 0 Å². The van der Waals surface area contributed by atoms with Crippen molar-refractivity contribution < 1.29 is 8.42 Å². The molecule has 2 N–H and O–H groups in total. The summed E-state index contributed by atoms with van der Waals surface area (Å²) in [5.41, 5.74) is 5.84. The summed E-state index contributed by atoms with van der Waals surface area (Å²) in [6.45, 7) is 0.495. The molecule has 0 spiro atoms. The lowest BCUT2D eigenvalue weighted by molar-refractivity contribution is 0.256. The van der Waals surface area contributed by atoms with Gasteiger partial charge in [0.1, 0.15) is 0 Å². The Morgan fingerprint density at radius 3 is 2.81 bits per heavy atom. The van der Waals surface area contributed by atoms with Crippen molar-refractivity contribution in [2.75, 3.05) is 6.54 Å². The van der Waals surface area contributed by atoms with Crippen LogP contribution in [-0.2, 0) is 17.1 Å². The number of nitrogens with two attached hydrogens (primary N) is 1. The summed E-state index contributed by atoms with van der Waals surface area (Å²) in [7, 11) is -1.88. The third kappa shape index (κ3) is 1.85. The fraction of sp³-hybridized carbons (Fsp3) is 0.667. The lowest BCUT2D eigenvalue weighted by Crippen LogP contribution is -2.48. The quantitative estimate of drug-likeness (QED) is 0.786. The van der Waals surface area contributed by atoms with E-state index in [0.717, 1.165) is 19.3 Å². The Morgan fingerprint density at radius 2 is 2.25 bits per heavy atom. The van der Waals surface area contributed by atoms with E-state index in [0.29, 0.717) is 6.54 Å². The second-order valence-electron chi connectivity index (χ2n) is 3.97. The van der Waals surface area contributed by atoms with Gasteiger partial charge in [-0.2, -0.15) is 9.40 Å². The molecule has 0 bridgehead atoms. The van der Waals surface area contributed by atoms with Crippen LogP contribution in [0.1, 0.15) is 19.3 Å². The van der Waals surface area contributed by atoms with Crippen molar-refractivity contribution in [2.45, 2.75) is 30.5 Å². The summed E-state index contributed by atoms with van der Waals surface area (Å²) < 4.78 is 27.3. The van der Waals surface area contributed by atoms with Crippen molar-refractivity contribution in [1.29, 1.82) is 0 Å². The van der Waals surface area contributed by atoms with Gasteiger partial charge >= 0.3 is 0 Å². The predicted molar refractivity (Wildman–Crippen MR) is 58.9 cm³/mol. The number of aromatic nitrogens is 2. The Hall–Kier alpha value is -0.920. The second kappa shape index (κ2) is 4.15. The van der Waals surface area contributed by atoms with Crippen molar-refractivity contribution >= 4 is 10.0 Å². The smallest absolute Gasteiger partial charge is 0.261 e. The van der Waals surface area contributed by atoms with E-state index < -0.39 is 16.2 Å². The number of aryl methyl sites for hydroxylation is 1. The van der Waals surface area contributed by atoms with Crippen LogP contribution in [0.2, 0.25) is 0 Å². The molecule has 16 heavy (non-hydrogen) atoms. The first-order chi connectivity index (χ1) is 7.53. The molecule has 1 atom stereocenters. The minimum absolute atomic E-state index is 0.199. The summed E-state index contributed by atoms with van der Waals surface area (Å²) in [4.78, 5) is 0. The summed E-state index contributed by atoms with van der Waals surface area (Å²) >= 11 is 0. The highest BCUT2D eigenvalue weighted by molar-refractivity contribution is 7.89. The Morgan fingerprint density at radius 1 is 1.50 bits per heavy atom.